The molecule has 0 radical (unpaired) electrons. The lowest BCUT2D eigenvalue weighted by atomic mass is 9.94. The van der Waals surface area contributed by atoms with E-state index < -0.39 is 36.0 Å². The Bertz CT molecular complexity index is 1440. The first-order valence-corrected chi connectivity index (χ1v) is 17.4. The molecule has 2 heterocycles. The zero-order chi connectivity index (χ0) is 27.1. The van der Waals surface area contributed by atoms with Crippen molar-refractivity contribution in [1.29, 1.82) is 0 Å². The van der Waals surface area contributed by atoms with Crippen LogP contribution in [0.5, 0.6) is 0 Å². The van der Waals surface area contributed by atoms with Gasteiger partial charge in [-0.05, 0) is 71.7 Å². The molecule has 0 aliphatic rings. The summed E-state index contributed by atoms with van der Waals surface area (Å²) >= 11 is 1.99. The highest BCUT2D eigenvalue weighted by molar-refractivity contribution is 9.10. The molecular weight excluding hydrogens is 576 g/mol. The van der Waals surface area contributed by atoms with Crippen molar-refractivity contribution in [2.45, 2.75) is 57.6 Å². The minimum Gasteiger partial charge on any atom is -0.598 e. The quantitative estimate of drug-likeness (QED) is 0.142. The highest BCUT2D eigenvalue weighted by Crippen LogP contribution is 2.35. The zero-order valence-corrected chi connectivity index (χ0v) is 25.1. The molecule has 0 fully saturated rings. The second kappa shape index (κ2) is 10.6. The van der Waals surface area contributed by atoms with Gasteiger partial charge in [-0.3, -0.25) is 0 Å². The van der Waals surface area contributed by atoms with Gasteiger partial charge in [0.1, 0.15) is 26.7 Å². The minimum absolute atomic E-state index is 0.145. The Morgan fingerprint density at radius 1 is 1.11 bits per heavy atom. The Labute approximate surface area is 228 Å². The first kappa shape index (κ1) is 27.9. The molecule has 37 heavy (non-hydrogen) atoms. The molecule has 0 spiro atoms. The Balaban J connectivity index is 1.87. The van der Waals surface area contributed by atoms with Gasteiger partial charge in [-0.1, -0.05) is 49.1 Å². The standard InChI is InChI=1S/C27H30BrF2N3O2SSi/c1-27(2,3)36(34)33-20(14-21-25(30)23(37(4,5)6)15-24(28)31-21)17-9-7-8-10-18(17)26-19-13-16(29)11-12-22(19)35-32-26/h7-13,15,20,33H,14H2,1-6H3/t20-,36?/m0/s1. The Kier molecular flexibility index (Phi) is 7.97. The highest BCUT2D eigenvalue weighted by atomic mass is 79.9. The summed E-state index contributed by atoms with van der Waals surface area (Å²) in [6.07, 6.45) is 0.145. The fraction of sp³-hybridized carbons (Fsp3) is 0.333. The molecule has 1 N–H and O–H groups in total. The van der Waals surface area contributed by atoms with Crippen molar-refractivity contribution in [3.05, 3.63) is 76.0 Å². The summed E-state index contributed by atoms with van der Waals surface area (Å²) in [5.41, 5.74) is 2.60. The molecule has 4 rings (SSSR count). The molecule has 0 amide bonds. The summed E-state index contributed by atoms with van der Waals surface area (Å²) in [5, 5.41) is 5.42. The first-order chi connectivity index (χ1) is 17.3. The third kappa shape index (κ3) is 6.14. The first-order valence-electron chi connectivity index (χ1n) is 11.9. The molecule has 0 saturated carbocycles. The molecule has 2 aromatic carbocycles. The second-order valence-corrected chi connectivity index (χ2v) is 18.9. The predicted molar refractivity (Wildman–Crippen MR) is 152 cm³/mol. The van der Waals surface area contributed by atoms with Crippen molar-refractivity contribution in [3.63, 3.8) is 0 Å². The number of benzene rings is 2. The summed E-state index contributed by atoms with van der Waals surface area (Å²) in [5.74, 6) is -0.737. The fourth-order valence-corrected chi connectivity index (χ4v) is 6.91. The van der Waals surface area contributed by atoms with E-state index in [1.54, 1.807) is 6.07 Å². The monoisotopic (exact) mass is 605 g/mol. The van der Waals surface area contributed by atoms with Gasteiger partial charge in [-0.2, -0.15) is 0 Å². The third-order valence-electron chi connectivity index (χ3n) is 6.03. The van der Waals surface area contributed by atoms with Crippen LogP contribution in [-0.4, -0.2) is 27.5 Å². The van der Waals surface area contributed by atoms with Gasteiger partial charge in [0.2, 0.25) is 0 Å². The maximum Gasteiger partial charge on any atom is 0.167 e. The summed E-state index contributed by atoms with van der Waals surface area (Å²) in [7, 11) is -2.01. The number of pyridine rings is 1. The van der Waals surface area contributed by atoms with E-state index in [0.29, 0.717) is 32.0 Å². The van der Waals surface area contributed by atoms with Gasteiger partial charge in [0.05, 0.1) is 25.2 Å². The number of nitrogens with zero attached hydrogens (tertiary/aromatic N) is 2. The van der Waals surface area contributed by atoms with Crippen molar-refractivity contribution in [3.8, 4) is 11.3 Å². The molecule has 4 aromatic rings. The van der Waals surface area contributed by atoms with Gasteiger partial charge in [0.25, 0.3) is 0 Å². The van der Waals surface area contributed by atoms with Crippen LogP contribution in [0.3, 0.4) is 0 Å². The van der Waals surface area contributed by atoms with Crippen LogP contribution in [0.1, 0.15) is 38.1 Å². The summed E-state index contributed by atoms with van der Waals surface area (Å²) in [6, 6.07) is 12.8. The van der Waals surface area contributed by atoms with Gasteiger partial charge in [-0.15, -0.1) is 4.72 Å². The van der Waals surface area contributed by atoms with E-state index in [9.17, 15) is 8.94 Å². The van der Waals surface area contributed by atoms with Crippen LogP contribution in [0.2, 0.25) is 19.6 Å². The number of hydrogen-bond acceptors (Lipinski definition) is 5. The molecule has 2 atom stereocenters. The molecule has 2 aromatic heterocycles. The smallest absolute Gasteiger partial charge is 0.167 e. The topological polar surface area (TPSA) is 74.0 Å². The van der Waals surface area contributed by atoms with Crippen LogP contribution in [0.15, 0.2) is 57.7 Å². The number of aromatic nitrogens is 2. The van der Waals surface area contributed by atoms with Gasteiger partial charge in [0.15, 0.2) is 5.58 Å². The lowest BCUT2D eigenvalue weighted by molar-refractivity contribution is 0.459. The summed E-state index contributed by atoms with van der Waals surface area (Å²) in [4.78, 5) is 4.48. The lowest BCUT2D eigenvalue weighted by Gasteiger charge is -2.29. The number of halogens is 3. The third-order valence-corrected chi connectivity index (χ3v) is 10.0. The Morgan fingerprint density at radius 3 is 2.49 bits per heavy atom. The van der Waals surface area contributed by atoms with Crippen LogP contribution >= 0.6 is 15.9 Å². The predicted octanol–water partition coefficient (Wildman–Crippen LogP) is 6.81. The van der Waals surface area contributed by atoms with Crippen LogP contribution < -0.4 is 9.91 Å². The fourth-order valence-electron chi connectivity index (χ4n) is 4.07. The van der Waals surface area contributed by atoms with Gasteiger partial charge < -0.3 is 9.08 Å². The molecule has 0 saturated heterocycles. The number of nitrogens with one attached hydrogen (secondary N) is 1. The summed E-state index contributed by atoms with van der Waals surface area (Å²) in [6.45, 7) is 11.8. The van der Waals surface area contributed by atoms with Crippen molar-refractivity contribution in [2.24, 2.45) is 0 Å². The molecule has 1 unspecified atom stereocenters. The number of hydrogen-bond donors (Lipinski definition) is 1. The SMILES string of the molecule is CC(C)(C)[S+]([O-])N[C@@H](Cc1nc(Br)cc([Si](C)(C)C)c1F)c1ccccc1-c1noc2ccc(F)cc12. The highest BCUT2D eigenvalue weighted by Gasteiger charge is 2.33. The molecule has 196 valence electrons. The maximum absolute atomic E-state index is 15.8. The van der Waals surface area contributed by atoms with Crippen molar-refractivity contribution in [2.75, 3.05) is 0 Å². The van der Waals surface area contributed by atoms with Crippen LogP contribution in [0, 0.1) is 11.6 Å². The van der Waals surface area contributed by atoms with Gasteiger partial charge in [0, 0.05) is 23.3 Å². The largest absolute Gasteiger partial charge is 0.598 e. The molecule has 5 nitrogen and oxygen atoms in total. The maximum atomic E-state index is 15.8. The molecule has 0 aliphatic heterocycles. The average molecular weight is 607 g/mol. The van der Waals surface area contributed by atoms with E-state index in [2.05, 4.69) is 50.4 Å². The van der Waals surface area contributed by atoms with Crippen LogP contribution in [0.25, 0.3) is 22.2 Å². The van der Waals surface area contributed by atoms with Gasteiger partial charge >= 0.3 is 0 Å². The minimum atomic E-state index is -2.01. The molecular formula is C27H30BrF2N3O2SSi. The van der Waals surface area contributed by atoms with E-state index in [1.807, 2.05) is 45.0 Å². The zero-order valence-electron chi connectivity index (χ0n) is 21.7. The van der Waals surface area contributed by atoms with E-state index in [0.717, 1.165) is 5.56 Å². The molecule has 0 bridgehead atoms. The molecule has 10 heteroatoms. The van der Waals surface area contributed by atoms with E-state index in [-0.39, 0.29) is 17.9 Å². The number of fused-ring (bicyclic) bond motifs is 1. The van der Waals surface area contributed by atoms with Gasteiger partial charge in [-0.25, -0.2) is 13.8 Å². The van der Waals surface area contributed by atoms with Crippen LogP contribution in [0.4, 0.5) is 8.78 Å². The summed E-state index contributed by atoms with van der Waals surface area (Å²) < 4.78 is 51.8. The second-order valence-electron chi connectivity index (χ2n) is 11.0. The van der Waals surface area contributed by atoms with E-state index in [1.165, 1.54) is 18.2 Å². The Hall–Kier alpha value is -2.11. The molecule has 0 aliphatic carbocycles. The van der Waals surface area contributed by atoms with Crippen molar-refractivity contribution < 1.29 is 17.9 Å². The number of rotatable bonds is 7. The van der Waals surface area contributed by atoms with Crippen LogP contribution in [-0.2, 0) is 17.8 Å². The van der Waals surface area contributed by atoms with E-state index in [4.69, 9.17) is 4.52 Å². The lowest BCUT2D eigenvalue weighted by Crippen LogP contribution is -2.43. The average Bonchev–Trinajstić information content (AvgIpc) is 3.22. The van der Waals surface area contributed by atoms with E-state index >= 15 is 4.39 Å². The van der Waals surface area contributed by atoms with Crippen molar-refractivity contribution >= 4 is 51.5 Å². The normalized spacial score (nSPS) is 14.2. The Morgan fingerprint density at radius 2 is 1.81 bits per heavy atom. The van der Waals surface area contributed by atoms with Crippen molar-refractivity contribution in [1.82, 2.24) is 14.9 Å².